The molecule has 2 N–H and O–H groups in total. The molecule has 2 heterocycles. The number of nitrogens with zero attached hydrogens (tertiary/aromatic N) is 1. The molecule has 2 unspecified atom stereocenters. The van der Waals surface area contributed by atoms with E-state index in [2.05, 4.69) is 37.8 Å². The van der Waals surface area contributed by atoms with Gasteiger partial charge in [-0.25, -0.2) is 0 Å². The van der Waals surface area contributed by atoms with E-state index in [1.165, 1.54) is 42.1 Å². The molecule has 0 amide bonds. The van der Waals surface area contributed by atoms with Gasteiger partial charge in [-0.3, -0.25) is 4.90 Å². The summed E-state index contributed by atoms with van der Waals surface area (Å²) in [5.41, 5.74) is 6.10. The molecular formula is C17H30N2S. The van der Waals surface area contributed by atoms with Crippen molar-refractivity contribution in [2.75, 3.05) is 19.6 Å². The van der Waals surface area contributed by atoms with Gasteiger partial charge in [0.05, 0.1) is 6.04 Å². The van der Waals surface area contributed by atoms with E-state index in [-0.39, 0.29) is 0 Å². The van der Waals surface area contributed by atoms with Crippen LogP contribution in [0.4, 0.5) is 0 Å². The van der Waals surface area contributed by atoms with Crippen molar-refractivity contribution in [3.63, 3.8) is 0 Å². The van der Waals surface area contributed by atoms with Crippen LogP contribution in [0.15, 0.2) is 12.1 Å². The van der Waals surface area contributed by atoms with Gasteiger partial charge in [0.25, 0.3) is 0 Å². The molecule has 2 atom stereocenters. The topological polar surface area (TPSA) is 29.3 Å². The molecule has 1 aromatic heterocycles. The number of likely N-dealkylation sites (tertiary alicyclic amines) is 1. The van der Waals surface area contributed by atoms with Gasteiger partial charge in [0.15, 0.2) is 0 Å². The van der Waals surface area contributed by atoms with E-state index in [0.29, 0.717) is 6.04 Å². The summed E-state index contributed by atoms with van der Waals surface area (Å²) in [6, 6.07) is 5.01. The van der Waals surface area contributed by atoms with Gasteiger partial charge in [0, 0.05) is 16.3 Å². The van der Waals surface area contributed by atoms with E-state index < -0.39 is 0 Å². The molecule has 0 bridgehead atoms. The van der Waals surface area contributed by atoms with Crippen LogP contribution in [0.3, 0.4) is 0 Å². The van der Waals surface area contributed by atoms with Gasteiger partial charge >= 0.3 is 0 Å². The lowest BCUT2D eigenvalue weighted by atomic mass is 9.89. The summed E-state index contributed by atoms with van der Waals surface area (Å²) >= 11 is 1.95. The molecular weight excluding hydrogens is 264 g/mol. The fraction of sp³-hybridized carbons (Fsp3) is 0.765. The van der Waals surface area contributed by atoms with Gasteiger partial charge in [-0.2, -0.15) is 0 Å². The van der Waals surface area contributed by atoms with Crippen LogP contribution in [0.2, 0.25) is 0 Å². The highest BCUT2D eigenvalue weighted by atomic mass is 32.1. The summed E-state index contributed by atoms with van der Waals surface area (Å²) in [6.45, 7) is 10.1. The van der Waals surface area contributed by atoms with Crippen molar-refractivity contribution >= 4 is 11.3 Å². The van der Waals surface area contributed by atoms with Gasteiger partial charge in [-0.1, -0.05) is 20.8 Å². The minimum Gasteiger partial charge on any atom is -0.329 e. The third-order valence-corrected chi connectivity index (χ3v) is 6.10. The fourth-order valence-electron chi connectivity index (χ4n) is 3.33. The molecule has 114 valence electrons. The van der Waals surface area contributed by atoms with Crippen molar-refractivity contribution in [2.24, 2.45) is 17.6 Å². The molecule has 0 spiro atoms. The van der Waals surface area contributed by atoms with Gasteiger partial charge in [0.2, 0.25) is 0 Å². The molecule has 0 aromatic carbocycles. The minimum absolute atomic E-state index is 0.436. The molecule has 2 nitrogen and oxygen atoms in total. The van der Waals surface area contributed by atoms with E-state index in [0.717, 1.165) is 24.8 Å². The Kier molecular flexibility index (Phi) is 6.06. The molecule has 0 saturated carbocycles. The molecule has 20 heavy (non-hydrogen) atoms. The Morgan fingerprint density at radius 3 is 2.70 bits per heavy atom. The highest BCUT2D eigenvalue weighted by Crippen LogP contribution is 2.32. The maximum absolute atomic E-state index is 6.10. The second-order valence-corrected chi connectivity index (χ2v) is 7.58. The molecule has 1 aliphatic rings. The van der Waals surface area contributed by atoms with Crippen LogP contribution in [0, 0.1) is 11.8 Å². The van der Waals surface area contributed by atoms with Crippen molar-refractivity contribution in [2.45, 2.75) is 52.5 Å². The minimum atomic E-state index is 0.436. The van der Waals surface area contributed by atoms with Gasteiger partial charge in [-0.15, -0.1) is 11.3 Å². The SMILES string of the molecule is CCc1ccc(C(CN)N2CCCC(C(C)C)CC2)s1. The lowest BCUT2D eigenvalue weighted by Gasteiger charge is -2.29. The molecule has 3 heteroatoms. The van der Waals surface area contributed by atoms with Crippen LogP contribution in [0.1, 0.15) is 55.8 Å². The van der Waals surface area contributed by atoms with Crippen molar-refractivity contribution in [3.8, 4) is 0 Å². The Labute approximate surface area is 128 Å². The number of aryl methyl sites for hydroxylation is 1. The summed E-state index contributed by atoms with van der Waals surface area (Å²) in [5.74, 6) is 1.72. The first kappa shape index (κ1) is 16.0. The smallest absolute Gasteiger partial charge is 0.0564 e. The fourth-order valence-corrected chi connectivity index (χ4v) is 4.43. The first-order valence-corrected chi connectivity index (χ1v) is 9.00. The maximum Gasteiger partial charge on any atom is 0.0564 e. The Bertz CT molecular complexity index is 399. The molecule has 1 aliphatic heterocycles. The number of nitrogens with two attached hydrogens (primary N) is 1. The first-order chi connectivity index (χ1) is 9.65. The van der Waals surface area contributed by atoms with Crippen LogP contribution in [0.5, 0.6) is 0 Å². The maximum atomic E-state index is 6.10. The number of rotatable bonds is 5. The van der Waals surface area contributed by atoms with E-state index in [4.69, 9.17) is 5.73 Å². The highest BCUT2D eigenvalue weighted by molar-refractivity contribution is 7.12. The van der Waals surface area contributed by atoms with E-state index in [1.807, 2.05) is 11.3 Å². The number of hydrogen-bond donors (Lipinski definition) is 1. The zero-order valence-electron chi connectivity index (χ0n) is 13.3. The van der Waals surface area contributed by atoms with Crippen LogP contribution >= 0.6 is 11.3 Å². The molecule has 0 radical (unpaired) electrons. The van der Waals surface area contributed by atoms with Crippen molar-refractivity contribution in [1.29, 1.82) is 0 Å². The molecule has 2 rings (SSSR count). The Morgan fingerprint density at radius 2 is 2.10 bits per heavy atom. The summed E-state index contributed by atoms with van der Waals surface area (Å²) in [5, 5.41) is 0. The Balaban J connectivity index is 2.04. The average molecular weight is 295 g/mol. The monoisotopic (exact) mass is 294 g/mol. The van der Waals surface area contributed by atoms with Crippen molar-refractivity contribution in [3.05, 3.63) is 21.9 Å². The quantitative estimate of drug-likeness (QED) is 0.887. The summed E-state index contributed by atoms with van der Waals surface area (Å²) in [7, 11) is 0. The molecule has 0 aliphatic carbocycles. The lowest BCUT2D eigenvalue weighted by molar-refractivity contribution is 0.206. The Hall–Kier alpha value is -0.380. The summed E-state index contributed by atoms with van der Waals surface area (Å²) in [4.78, 5) is 5.58. The predicted molar refractivity (Wildman–Crippen MR) is 89.2 cm³/mol. The molecule has 1 saturated heterocycles. The van der Waals surface area contributed by atoms with E-state index in [1.54, 1.807) is 0 Å². The van der Waals surface area contributed by atoms with E-state index in [9.17, 15) is 0 Å². The first-order valence-electron chi connectivity index (χ1n) is 8.18. The van der Waals surface area contributed by atoms with Crippen molar-refractivity contribution < 1.29 is 0 Å². The van der Waals surface area contributed by atoms with Gasteiger partial charge in [0.1, 0.15) is 0 Å². The standard InChI is InChI=1S/C17H30N2S/c1-4-15-7-8-17(20-15)16(12-18)19-10-5-6-14(9-11-19)13(2)3/h7-8,13-14,16H,4-6,9-12,18H2,1-3H3. The average Bonchev–Trinajstić information content (AvgIpc) is 2.77. The van der Waals surface area contributed by atoms with Gasteiger partial charge in [-0.05, 0) is 62.7 Å². The molecule has 1 aromatic rings. The highest BCUT2D eigenvalue weighted by Gasteiger charge is 2.25. The Morgan fingerprint density at radius 1 is 1.30 bits per heavy atom. The summed E-state index contributed by atoms with van der Waals surface area (Å²) < 4.78 is 0. The normalized spacial score (nSPS) is 22.9. The van der Waals surface area contributed by atoms with E-state index >= 15 is 0 Å². The second-order valence-electron chi connectivity index (χ2n) is 6.38. The van der Waals surface area contributed by atoms with Crippen LogP contribution in [-0.2, 0) is 6.42 Å². The third kappa shape index (κ3) is 3.84. The number of hydrogen-bond acceptors (Lipinski definition) is 3. The van der Waals surface area contributed by atoms with Gasteiger partial charge < -0.3 is 5.73 Å². The lowest BCUT2D eigenvalue weighted by Crippen LogP contribution is -2.34. The van der Waals surface area contributed by atoms with Crippen LogP contribution in [-0.4, -0.2) is 24.5 Å². The summed E-state index contributed by atoms with van der Waals surface area (Å²) in [6.07, 6.45) is 5.18. The van der Waals surface area contributed by atoms with Crippen LogP contribution < -0.4 is 5.73 Å². The second kappa shape index (κ2) is 7.58. The third-order valence-electron chi connectivity index (χ3n) is 4.77. The largest absolute Gasteiger partial charge is 0.329 e. The number of thiophene rings is 1. The predicted octanol–water partition coefficient (Wildman–Crippen LogP) is 4.07. The molecule has 1 fully saturated rings. The van der Waals surface area contributed by atoms with Crippen LogP contribution in [0.25, 0.3) is 0 Å². The van der Waals surface area contributed by atoms with Crippen molar-refractivity contribution in [1.82, 2.24) is 4.90 Å². The zero-order chi connectivity index (χ0) is 14.5. The zero-order valence-corrected chi connectivity index (χ0v) is 14.1.